The summed E-state index contributed by atoms with van der Waals surface area (Å²) < 4.78 is 18.4. The topological polar surface area (TPSA) is 30.9 Å². The smallest absolute Gasteiger partial charge is 0.119 e. The molecule has 0 atom stereocenters. The minimum atomic E-state index is -0.124. The Morgan fingerprint density at radius 3 is 1.88 bits per heavy atom. The molecule has 32 heavy (non-hydrogen) atoms. The van der Waals surface area contributed by atoms with E-state index in [1.807, 2.05) is 12.1 Å². The van der Waals surface area contributed by atoms with E-state index in [1.54, 1.807) is 7.11 Å². The van der Waals surface area contributed by atoms with Gasteiger partial charge in [-0.1, -0.05) is 45.7 Å². The Labute approximate surface area is 206 Å². The Morgan fingerprint density at radius 2 is 1.31 bits per heavy atom. The van der Waals surface area contributed by atoms with E-state index in [0.29, 0.717) is 26.4 Å². The third kappa shape index (κ3) is 4.74. The number of rotatable bonds is 8. The van der Waals surface area contributed by atoms with Crippen molar-refractivity contribution < 1.29 is 14.2 Å². The molecule has 6 heteroatoms. The second-order valence-electron chi connectivity index (χ2n) is 8.23. The molecule has 4 nitrogen and oxygen atoms in total. The lowest BCUT2D eigenvalue weighted by molar-refractivity contribution is 0.0544. The number of benzene rings is 3. The van der Waals surface area contributed by atoms with Crippen LogP contribution in [0.3, 0.4) is 0 Å². The molecule has 4 rings (SSSR count). The molecule has 0 saturated heterocycles. The van der Waals surface area contributed by atoms with E-state index in [2.05, 4.69) is 99.1 Å². The minimum Gasteiger partial charge on any atom is -0.491 e. The molecule has 0 radical (unpaired) electrons. The summed E-state index contributed by atoms with van der Waals surface area (Å²) in [6.07, 6.45) is 0. The van der Waals surface area contributed by atoms with Gasteiger partial charge < -0.3 is 19.1 Å². The van der Waals surface area contributed by atoms with Gasteiger partial charge in [-0.15, -0.1) is 0 Å². The Hall–Kier alpha value is -1.86. The highest BCUT2D eigenvalue weighted by Gasteiger charge is 2.37. The summed E-state index contributed by atoms with van der Waals surface area (Å²) in [6.45, 7) is 6.79. The minimum absolute atomic E-state index is 0.124. The molecule has 0 amide bonds. The van der Waals surface area contributed by atoms with Crippen molar-refractivity contribution in [1.82, 2.24) is 0 Å². The van der Waals surface area contributed by atoms with Crippen LogP contribution in [0.4, 0.5) is 17.1 Å². The normalized spacial score (nSPS) is 14.1. The molecule has 0 aliphatic carbocycles. The van der Waals surface area contributed by atoms with Crippen LogP contribution in [0.5, 0.6) is 5.75 Å². The zero-order valence-electron chi connectivity index (χ0n) is 18.5. The van der Waals surface area contributed by atoms with Gasteiger partial charge in [0.2, 0.25) is 0 Å². The summed E-state index contributed by atoms with van der Waals surface area (Å²) in [4.78, 5) is 2.33. The van der Waals surface area contributed by atoms with Crippen LogP contribution in [-0.4, -0.2) is 33.5 Å². The van der Waals surface area contributed by atoms with E-state index in [0.717, 1.165) is 20.4 Å². The van der Waals surface area contributed by atoms with Gasteiger partial charge >= 0.3 is 0 Å². The predicted octanol–water partition coefficient (Wildman–Crippen LogP) is 7.36. The fourth-order valence-electron chi connectivity index (χ4n) is 4.11. The number of anilines is 3. The molecular weight excluding hydrogens is 534 g/mol. The molecule has 0 N–H and O–H groups in total. The number of hydrogen-bond donors (Lipinski definition) is 0. The fourth-order valence-corrected chi connectivity index (χ4v) is 4.84. The van der Waals surface area contributed by atoms with Crippen LogP contribution in [0.15, 0.2) is 69.6 Å². The molecule has 0 aromatic heterocycles. The molecule has 168 valence electrons. The van der Waals surface area contributed by atoms with Crippen molar-refractivity contribution in [3.8, 4) is 5.75 Å². The summed E-state index contributed by atoms with van der Waals surface area (Å²) in [7, 11) is 1.67. The quantitative estimate of drug-likeness (QED) is 0.269. The van der Waals surface area contributed by atoms with Gasteiger partial charge in [0.05, 0.1) is 31.2 Å². The van der Waals surface area contributed by atoms with E-state index >= 15 is 0 Å². The Bertz CT molecular complexity index is 1030. The lowest BCUT2D eigenvalue weighted by atomic mass is 9.73. The molecule has 0 unspecified atom stereocenters. The van der Waals surface area contributed by atoms with E-state index in [1.165, 1.54) is 22.5 Å². The van der Waals surface area contributed by atoms with E-state index in [9.17, 15) is 0 Å². The number of nitrogens with zero attached hydrogens (tertiary/aromatic N) is 1. The second-order valence-corrected chi connectivity index (χ2v) is 10.1. The van der Waals surface area contributed by atoms with Gasteiger partial charge in [0.25, 0.3) is 0 Å². The Kier molecular flexibility index (Phi) is 7.25. The van der Waals surface area contributed by atoms with Gasteiger partial charge in [-0.2, -0.15) is 0 Å². The maximum absolute atomic E-state index is 5.84. The summed E-state index contributed by atoms with van der Waals surface area (Å²) in [5.74, 6) is 0.827. The third-order valence-corrected chi connectivity index (χ3v) is 6.76. The highest BCUT2D eigenvalue weighted by Crippen LogP contribution is 2.52. The van der Waals surface area contributed by atoms with Gasteiger partial charge in [0.15, 0.2) is 0 Å². The van der Waals surface area contributed by atoms with E-state index in [4.69, 9.17) is 14.2 Å². The van der Waals surface area contributed by atoms with Crippen molar-refractivity contribution in [2.24, 2.45) is 0 Å². The van der Waals surface area contributed by atoms with Crippen molar-refractivity contribution >= 4 is 48.9 Å². The zero-order valence-corrected chi connectivity index (χ0v) is 21.7. The van der Waals surface area contributed by atoms with Gasteiger partial charge in [-0.05, 0) is 71.8 Å². The zero-order chi connectivity index (χ0) is 22.7. The molecule has 3 aromatic rings. The van der Waals surface area contributed by atoms with Gasteiger partial charge in [0.1, 0.15) is 12.4 Å². The first-order chi connectivity index (χ1) is 15.4. The highest BCUT2D eigenvalue weighted by molar-refractivity contribution is 9.10. The average Bonchev–Trinajstić information content (AvgIpc) is 2.78. The number of ether oxygens (including phenoxy) is 3. The monoisotopic (exact) mass is 559 g/mol. The van der Waals surface area contributed by atoms with Crippen LogP contribution < -0.4 is 9.64 Å². The summed E-state index contributed by atoms with van der Waals surface area (Å²) in [6, 6.07) is 21.3. The highest BCUT2D eigenvalue weighted by atomic mass is 79.9. The first kappa shape index (κ1) is 23.3. The average molecular weight is 561 g/mol. The Balaban J connectivity index is 1.63. The van der Waals surface area contributed by atoms with Crippen molar-refractivity contribution in [2.75, 3.05) is 38.4 Å². The molecule has 3 aromatic carbocycles. The van der Waals surface area contributed by atoms with Crippen molar-refractivity contribution in [3.05, 3.63) is 80.7 Å². The van der Waals surface area contributed by atoms with Gasteiger partial charge in [-0.3, -0.25) is 0 Å². The lowest BCUT2D eigenvalue weighted by Gasteiger charge is -2.42. The molecule has 1 aliphatic rings. The van der Waals surface area contributed by atoms with Crippen LogP contribution in [0.1, 0.15) is 25.0 Å². The molecule has 0 spiro atoms. The largest absolute Gasteiger partial charge is 0.491 e. The van der Waals surface area contributed by atoms with E-state index < -0.39 is 0 Å². The van der Waals surface area contributed by atoms with Crippen molar-refractivity contribution in [2.45, 2.75) is 19.3 Å². The lowest BCUT2D eigenvalue weighted by Crippen LogP contribution is -2.30. The number of fused-ring (bicyclic) bond motifs is 2. The van der Waals surface area contributed by atoms with Crippen LogP contribution in [-0.2, 0) is 14.9 Å². The number of hydrogen-bond acceptors (Lipinski definition) is 4. The maximum Gasteiger partial charge on any atom is 0.119 e. The second kappa shape index (κ2) is 9.96. The molecule has 0 fully saturated rings. The van der Waals surface area contributed by atoms with Crippen molar-refractivity contribution in [3.63, 3.8) is 0 Å². The first-order valence-corrected chi connectivity index (χ1v) is 12.2. The van der Waals surface area contributed by atoms with Crippen LogP contribution in [0.2, 0.25) is 0 Å². The summed E-state index contributed by atoms with van der Waals surface area (Å²) in [5, 5.41) is 0. The third-order valence-electron chi connectivity index (χ3n) is 5.77. The molecule has 0 bridgehead atoms. The summed E-state index contributed by atoms with van der Waals surface area (Å²) >= 11 is 7.33. The Morgan fingerprint density at radius 1 is 0.750 bits per heavy atom. The first-order valence-electron chi connectivity index (χ1n) is 10.6. The maximum atomic E-state index is 5.84. The van der Waals surface area contributed by atoms with Crippen LogP contribution in [0, 0.1) is 0 Å². The standard InChI is InChI=1S/C26H27Br2NO3/c1-26(2)22-16-18(27)4-10-24(22)29(25-11-5-19(28)17-23(25)26)20-6-8-21(9-7-20)32-15-14-31-13-12-30-3/h4-11,16-17H,12-15H2,1-3H3. The fraction of sp³-hybridized carbons (Fsp3) is 0.308. The number of methoxy groups -OCH3 is 1. The molecule has 0 saturated carbocycles. The number of halogens is 2. The molecular formula is C26H27Br2NO3. The molecule has 1 heterocycles. The van der Waals surface area contributed by atoms with Gasteiger partial charge in [-0.25, -0.2) is 0 Å². The van der Waals surface area contributed by atoms with Crippen LogP contribution in [0.25, 0.3) is 0 Å². The van der Waals surface area contributed by atoms with Crippen LogP contribution >= 0.6 is 31.9 Å². The summed E-state index contributed by atoms with van der Waals surface area (Å²) in [5.41, 5.74) is 5.91. The van der Waals surface area contributed by atoms with E-state index in [-0.39, 0.29) is 5.41 Å². The van der Waals surface area contributed by atoms with Gasteiger partial charge in [0, 0.05) is 27.2 Å². The SMILES string of the molecule is COCCOCCOc1ccc(N2c3ccc(Br)cc3C(C)(C)c3cc(Br)ccc32)cc1. The van der Waals surface area contributed by atoms with Crippen molar-refractivity contribution in [1.29, 1.82) is 0 Å². The predicted molar refractivity (Wildman–Crippen MR) is 137 cm³/mol. The molecule has 1 aliphatic heterocycles.